The van der Waals surface area contributed by atoms with Gasteiger partial charge in [0.15, 0.2) is 9.84 Å². The van der Waals surface area contributed by atoms with Gasteiger partial charge in [-0.3, -0.25) is 0 Å². The number of carbonyl (C=O) groups is 1. The van der Waals surface area contributed by atoms with E-state index in [4.69, 9.17) is 16.3 Å². The van der Waals surface area contributed by atoms with Crippen molar-refractivity contribution in [3.05, 3.63) is 71.2 Å². The lowest BCUT2D eigenvalue weighted by atomic mass is 10.1. The molecule has 0 heterocycles. The van der Waals surface area contributed by atoms with Crippen molar-refractivity contribution in [2.24, 2.45) is 0 Å². The predicted octanol–water partition coefficient (Wildman–Crippen LogP) is 4.12. The number of fused-ring (bicyclic) bond motifs is 1. The van der Waals surface area contributed by atoms with Crippen molar-refractivity contribution in [3.8, 4) is 5.75 Å². The number of hydrogen-bond donors (Lipinski definition) is 0. The van der Waals surface area contributed by atoms with Crippen molar-refractivity contribution in [1.29, 1.82) is 0 Å². The minimum atomic E-state index is -3.40. The van der Waals surface area contributed by atoms with Gasteiger partial charge in [0.05, 0.1) is 10.5 Å². The average Bonchev–Trinajstić information content (AvgIpc) is 2.57. The third kappa shape index (κ3) is 3.27. The zero-order chi connectivity index (χ0) is 17.3. The van der Waals surface area contributed by atoms with Crippen molar-refractivity contribution in [2.45, 2.75) is 4.90 Å². The van der Waals surface area contributed by atoms with Crippen LogP contribution in [0.4, 0.5) is 0 Å². The molecular weight excluding hydrogens is 348 g/mol. The highest BCUT2D eigenvalue weighted by molar-refractivity contribution is 7.90. The van der Waals surface area contributed by atoms with E-state index in [1.165, 1.54) is 24.3 Å². The fourth-order valence-corrected chi connectivity index (χ4v) is 3.23. The summed E-state index contributed by atoms with van der Waals surface area (Å²) in [7, 11) is -3.40. The van der Waals surface area contributed by atoms with Crippen LogP contribution in [0.3, 0.4) is 0 Å². The first kappa shape index (κ1) is 16.5. The quantitative estimate of drug-likeness (QED) is 0.520. The minimum Gasteiger partial charge on any atom is -0.422 e. The molecule has 4 nitrogen and oxygen atoms in total. The van der Waals surface area contributed by atoms with Crippen molar-refractivity contribution in [2.75, 3.05) is 6.26 Å². The van der Waals surface area contributed by atoms with Crippen LogP contribution in [0.15, 0.2) is 65.6 Å². The van der Waals surface area contributed by atoms with E-state index in [9.17, 15) is 13.2 Å². The summed E-state index contributed by atoms with van der Waals surface area (Å²) in [5.74, 6) is -0.266. The van der Waals surface area contributed by atoms with E-state index >= 15 is 0 Å². The smallest absolute Gasteiger partial charge is 0.343 e. The molecule has 0 aliphatic carbocycles. The second-order valence-corrected chi connectivity index (χ2v) is 7.70. The lowest BCUT2D eigenvalue weighted by Crippen LogP contribution is -2.10. The van der Waals surface area contributed by atoms with Gasteiger partial charge in [-0.1, -0.05) is 41.9 Å². The molecule has 0 radical (unpaired) electrons. The molecule has 0 aromatic heterocycles. The second-order valence-electron chi connectivity index (χ2n) is 5.28. The van der Waals surface area contributed by atoms with Gasteiger partial charge in [0.25, 0.3) is 0 Å². The summed E-state index contributed by atoms with van der Waals surface area (Å²) in [6, 6.07) is 16.3. The topological polar surface area (TPSA) is 60.4 Å². The summed E-state index contributed by atoms with van der Waals surface area (Å²) in [6.07, 6.45) is 1.09. The molecule has 24 heavy (non-hydrogen) atoms. The Morgan fingerprint density at radius 2 is 1.67 bits per heavy atom. The molecule has 0 aliphatic rings. The average molecular weight is 361 g/mol. The first-order valence-corrected chi connectivity index (χ1v) is 9.33. The third-order valence-corrected chi connectivity index (χ3v) is 4.97. The van der Waals surface area contributed by atoms with Crippen molar-refractivity contribution < 1.29 is 17.9 Å². The second kappa shape index (κ2) is 6.26. The Hall–Kier alpha value is -2.37. The number of ether oxygens (including phenoxy) is 1. The molecule has 0 N–H and O–H groups in total. The van der Waals surface area contributed by atoms with Crippen LogP contribution in [-0.4, -0.2) is 20.6 Å². The SMILES string of the molecule is CS(=O)(=O)c1cccc(C(=O)Oc2ccc(Cl)c3ccccc23)c1. The Bertz CT molecular complexity index is 1040. The van der Waals surface area contributed by atoms with E-state index in [0.717, 1.165) is 11.6 Å². The monoisotopic (exact) mass is 360 g/mol. The van der Waals surface area contributed by atoms with Crippen LogP contribution >= 0.6 is 11.6 Å². The minimum absolute atomic E-state index is 0.0675. The maximum atomic E-state index is 12.4. The van der Waals surface area contributed by atoms with E-state index in [1.807, 2.05) is 18.2 Å². The number of sulfone groups is 1. The molecule has 0 unspecified atom stereocenters. The molecule has 0 spiro atoms. The summed E-state index contributed by atoms with van der Waals surface area (Å²) in [5.41, 5.74) is 0.164. The number of esters is 1. The maximum Gasteiger partial charge on any atom is 0.343 e. The largest absolute Gasteiger partial charge is 0.422 e. The van der Waals surface area contributed by atoms with E-state index in [2.05, 4.69) is 0 Å². The van der Waals surface area contributed by atoms with Gasteiger partial charge in [0.2, 0.25) is 0 Å². The van der Waals surface area contributed by atoms with Gasteiger partial charge in [0, 0.05) is 22.1 Å². The van der Waals surface area contributed by atoms with Gasteiger partial charge in [0.1, 0.15) is 5.75 Å². The summed E-state index contributed by atoms with van der Waals surface area (Å²) < 4.78 is 28.7. The van der Waals surface area contributed by atoms with E-state index in [-0.39, 0.29) is 10.5 Å². The van der Waals surface area contributed by atoms with Crippen LogP contribution in [-0.2, 0) is 9.84 Å². The van der Waals surface area contributed by atoms with Gasteiger partial charge in [-0.25, -0.2) is 13.2 Å². The fraction of sp³-hybridized carbons (Fsp3) is 0.0556. The molecule has 122 valence electrons. The third-order valence-electron chi connectivity index (χ3n) is 3.53. The van der Waals surface area contributed by atoms with E-state index < -0.39 is 15.8 Å². The summed E-state index contributed by atoms with van der Waals surface area (Å²) in [6.45, 7) is 0. The molecule has 3 aromatic carbocycles. The lowest BCUT2D eigenvalue weighted by molar-refractivity contribution is 0.0737. The molecule has 0 saturated carbocycles. The Morgan fingerprint density at radius 1 is 0.958 bits per heavy atom. The molecule has 0 amide bonds. The standard InChI is InChI=1S/C18H13ClO4S/c1-24(21,22)13-6-4-5-12(11-13)18(20)23-17-10-9-16(19)14-7-2-3-8-15(14)17/h2-11H,1H3. The highest BCUT2D eigenvalue weighted by Crippen LogP contribution is 2.31. The Kier molecular flexibility index (Phi) is 4.30. The Balaban J connectivity index is 1.98. The molecule has 3 rings (SSSR count). The van der Waals surface area contributed by atoms with E-state index in [1.54, 1.807) is 18.2 Å². The summed E-state index contributed by atoms with van der Waals surface area (Å²) >= 11 is 6.15. The molecule has 3 aromatic rings. The van der Waals surface area contributed by atoms with Gasteiger partial charge >= 0.3 is 5.97 Å². The number of rotatable bonds is 3. The highest BCUT2D eigenvalue weighted by atomic mass is 35.5. The number of benzene rings is 3. The van der Waals surface area contributed by atoms with Crippen LogP contribution in [0.25, 0.3) is 10.8 Å². The van der Waals surface area contributed by atoms with Crippen LogP contribution in [0.1, 0.15) is 10.4 Å². The molecule has 0 saturated heterocycles. The zero-order valence-corrected chi connectivity index (χ0v) is 14.3. The van der Waals surface area contributed by atoms with Crippen molar-refractivity contribution >= 4 is 38.2 Å². The van der Waals surface area contributed by atoms with Gasteiger partial charge in [-0.15, -0.1) is 0 Å². The first-order chi connectivity index (χ1) is 11.4. The number of carbonyl (C=O) groups excluding carboxylic acids is 1. The van der Waals surface area contributed by atoms with Crippen LogP contribution in [0.5, 0.6) is 5.75 Å². The number of halogens is 1. The van der Waals surface area contributed by atoms with Crippen molar-refractivity contribution in [3.63, 3.8) is 0 Å². The molecular formula is C18H13ClO4S. The van der Waals surface area contributed by atoms with E-state index in [0.29, 0.717) is 16.2 Å². The number of hydrogen-bond acceptors (Lipinski definition) is 4. The van der Waals surface area contributed by atoms with Crippen LogP contribution < -0.4 is 4.74 Å². The Labute approximate surface area is 144 Å². The predicted molar refractivity (Wildman–Crippen MR) is 93.5 cm³/mol. The zero-order valence-electron chi connectivity index (χ0n) is 12.7. The van der Waals surface area contributed by atoms with Gasteiger partial charge in [-0.2, -0.15) is 0 Å². The molecule has 0 fully saturated rings. The maximum absolute atomic E-state index is 12.4. The molecule has 0 bridgehead atoms. The van der Waals surface area contributed by atoms with Crippen LogP contribution in [0, 0.1) is 0 Å². The van der Waals surface area contributed by atoms with Gasteiger partial charge in [-0.05, 0) is 30.3 Å². The highest BCUT2D eigenvalue weighted by Gasteiger charge is 2.15. The summed E-state index contributed by atoms with van der Waals surface area (Å²) in [4.78, 5) is 12.4. The summed E-state index contributed by atoms with van der Waals surface area (Å²) in [5, 5.41) is 2.04. The van der Waals surface area contributed by atoms with Crippen LogP contribution in [0.2, 0.25) is 5.02 Å². The molecule has 0 aliphatic heterocycles. The van der Waals surface area contributed by atoms with Gasteiger partial charge < -0.3 is 4.74 Å². The lowest BCUT2D eigenvalue weighted by Gasteiger charge is -2.09. The fourth-order valence-electron chi connectivity index (χ4n) is 2.34. The molecule has 0 atom stereocenters. The normalized spacial score (nSPS) is 11.4. The van der Waals surface area contributed by atoms with Crippen molar-refractivity contribution in [1.82, 2.24) is 0 Å². The molecule has 6 heteroatoms. The first-order valence-electron chi connectivity index (χ1n) is 7.06. The Morgan fingerprint density at radius 3 is 2.38 bits per heavy atom.